The Morgan fingerprint density at radius 2 is 2.12 bits per heavy atom. The van der Waals surface area contributed by atoms with Crippen LogP contribution in [-0.2, 0) is 6.54 Å². The van der Waals surface area contributed by atoms with E-state index in [9.17, 15) is 20.0 Å². The number of rotatable bonds is 6. The SMILES string of the molecule is O=C(NCc1ccc(C(O)c2ccsc2)s1)c1ccc(Cl)c([N+](=O)[O-])c1. The van der Waals surface area contributed by atoms with Crippen LogP contribution in [0.25, 0.3) is 0 Å². The molecule has 3 rings (SSSR count). The minimum Gasteiger partial charge on any atom is -0.383 e. The van der Waals surface area contributed by atoms with Crippen LogP contribution in [0.1, 0.15) is 31.8 Å². The minimum atomic E-state index is -0.686. The fourth-order valence-electron chi connectivity index (χ4n) is 2.29. The number of benzene rings is 1. The maximum absolute atomic E-state index is 12.2. The van der Waals surface area contributed by atoms with E-state index in [1.807, 2.05) is 29.0 Å². The lowest BCUT2D eigenvalue weighted by Gasteiger charge is -2.06. The van der Waals surface area contributed by atoms with Crippen molar-refractivity contribution in [3.05, 3.63) is 83.2 Å². The molecule has 1 atom stereocenters. The molecule has 1 aromatic carbocycles. The summed E-state index contributed by atoms with van der Waals surface area (Å²) >= 11 is 8.66. The van der Waals surface area contributed by atoms with Crippen LogP contribution in [0.3, 0.4) is 0 Å². The second-order valence-corrected chi connectivity index (χ2v) is 7.76. The summed E-state index contributed by atoms with van der Waals surface area (Å²) in [5.74, 6) is -0.432. The average Bonchev–Trinajstić information content (AvgIpc) is 3.31. The zero-order valence-electron chi connectivity index (χ0n) is 13.2. The van der Waals surface area contributed by atoms with E-state index in [-0.39, 0.29) is 22.8 Å². The molecule has 3 aromatic rings. The number of aliphatic hydroxyl groups is 1. The molecule has 2 aromatic heterocycles. The van der Waals surface area contributed by atoms with Crippen LogP contribution >= 0.6 is 34.3 Å². The summed E-state index contributed by atoms with van der Waals surface area (Å²) in [5, 5.41) is 27.7. The van der Waals surface area contributed by atoms with Crippen molar-refractivity contribution in [2.45, 2.75) is 12.6 Å². The molecule has 0 spiro atoms. The highest BCUT2D eigenvalue weighted by molar-refractivity contribution is 7.12. The van der Waals surface area contributed by atoms with Gasteiger partial charge in [-0.3, -0.25) is 14.9 Å². The lowest BCUT2D eigenvalue weighted by molar-refractivity contribution is -0.384. The van der Waals surface area contributed by atoms with Gasteiger partial charge in [0.05, 0.1) is 11.5 Å². The molecular weight excluding hydrogens is 396 g/mol. The monoisotopic (exact) mass is 408 g/mol. The second-order valence-electron chi connectivity index (χ2n) is 5.37. The van der Waals surface area contributed by atoms with Gasteiger partial charge in [0.15, 0.2) is 0 Å². The molecule has 2 heterocycles. The van der Waals surface area contributed by atoms with Gasteiger partial charge in [-0.05, 0) is 46.7 Å². The van der Waals surface area contributed by atoms with Crippen molar-refractivity contribution >= 4 is 45.9 Å². The molecule has 26 heavy (non-hydrogen) atoms. The number of thiophene rings is 2. The van der Waals surface area contributed by atoms with Gasteiger partial charge in [-0.25, -0.2) is 0 Å². The molecule has 0 aliphatic heterocycles. The molecule has 0 saturated heterocycles. The van der Waals surface area contributed by atoms with Crippen LogP contribution in [0.15, 0.2) is 47.2 Å². The summed E-state index contributed by atoms with van der Waals surface area (Å²) in [6, 6.07) is 9.43. The molecule has 0 fully saturated rings. The minimum absolute atomic E-state index is 0.0168. The van der Waals surface area contributed by atoms with E-state index >= 15 is 0 Å². The fourth-order valence-corrected chi connectivity index (χ4v) is 4.13. The first kappa shape index (κ1) is 18.5. The lowest BCUT2D eigenvalue weighted by atomic mass is 10.1. The van der Waals surface area contributed by atoms with Crippen LogP contribution in [-0.4, -0.2) is 15.9 Å². The standard InChI is InChI=1S/C17H13ClN2O4S2/c18-13-3-1-10(7-14(13)20(23)24)17(22)19-8-12-2-4-15(26-12)16(21)11-5-6-25-9-11/h1-7,9,16,21H,8H2,(H,19,22). The molecular formula is C17H13ClN2O4S2. The van der Waals surface area contributed by atoms with Crippen LogP contribution < -0.4 is 5.32 Å². The first-order valence-electron chi connectivity index (χ1n) is 7.46. The van der Waals surface area contributed by atoms with Gasteiger partial charge in [0.1, 0.15) is 11.1 Å². The number of aliphatic hydroxyl groups excluding tert-OH is 1. The lowest BCUT2D eigenvalue weighted by Crippen LogP contribution is -2.22. The highest BCUT2D eigenvalue weighted by Gasteiger charge is 2.17. The summed E-state index contributed by atoms with van der Waals surface area (Å²) in [7, 11) is 0. The summed E-state index contributed by atoms with van der Waals surface area (Å²) in [5.41, 5.74) is 0.689. The number of nitro benzene ring substituents is 1. The summed E-state index contributed by atoms with van der Waals surface area (Å²) in [6.07, 6.45) is -0.686. The quantitative estimate of drug-likeness (QED) is 0.467. The zero-order chi connectivity index (χ0) is 18.7. The Kier molecular flexibility index (Phi) is 5.67. The molecule has 0 saturated carbocycles. The van der Waals surface area contributed by atoms with Crippen molar-refractivity contribution in [2.24, 2.45) is 0 Å². The van der Waals surface area contributed by atoms with E-state index < -0.39 is 16.9 Å². The Morgan fingerprint density at radius 1 is 1.31 bits per heavy atom. The van der Waals surface area contributed by atoms with Gasteiger partial charge in [0, 0.05) is 21.4 Å². The van der Waals surface area contributed by atoms with Crippen molar-refractivity contribution < 1.29 is 14.8 Å². The maximum atomic E-state index is 12.2. The number of nitro groups is 1. The Morgan fingerprint density at radius 3 is 2.81 bits per heavy atom. The Balaban J connectivity index is 1.65. The third-order valence-corrected chi connectivity index (χ3v) is 5.80. The van der Waals surface area contributed by atoms with E-state index in [4.69, 9.17) is 11.6 Å². The number of hydrogen-bond donors (Lipinski definition) is 2. The van der Waals surface area contributed by atoms with Gasteiger partial charge in [0.2, 0.25) is 0 Å². The fraction of sp³-hybridized carbons (Fsp3) is 0.118. The predicted octanol–water partition coefficient (Wildman–Crippen LogP) is 4.38. The van der Waals surface area contributed by atoms with Gasteiger partial charge in [-0.2, -0.15) is 11.3 Å². The topological polar surface area (TPSA) is 92.5 Å². The van der Waals surface area contributed by atoms with Crippen LogP contribution in [0.2, 0.25) is 5.02 Å². The second kappa shape index (κ2) is 7.96. The molecule has 1 amide bonds. The van der Waals surface area contributed by atoms with E-state index in [1.54, 1.807) is 0 Å². The molecule has 1 unspecified atom stereocenters. The van der Waals surface area contributed by atoms with E-state index in [1.165, 1.54) is 34.8 Å². The van der Waals surface area contributed by atoms with Crippen molar-refractivity contribution in [3.8, 4) is 0 Å². The molecule has 0 radical (unpaired) electrons. The molecule has 9 heteroatoms. The molecule has 0 bridgehead atoms. The third kappa shape index (κ3) is 4.10. The Hall–Kier alpha value is -2.26. The first-order valence-corrected chi connectivity index (χ1v) is 9.60. The van der Waals surface area contributed by atoms with Crippen LogP contribution in [0.4, 0.5) is 5.69 Å². The largest absolute Gasteiger partial charge is 0.383 e. The smallest absolute Gasteiger partial charge is 0.288 e. The molecule has 6 nitrogen and oxygen atoms in total. The number of amides is 1. The van der Waals surface area contributed by atoms with Crippen molar-refractivity contribution in [1.29, 1.82) is 0 Å². The number of nitrogens with zero attached hydrogens (tertiary/aromatic N) is 1. The summed E-state index contributed by atoms with van der Waals surface area (Å²) in [6.45, 7) is 0.260. The summed E-state index contributed by atoms with van der Waals surface area (Å²) < 4.78 is 0. The summed E-state index contributed by atoms with van der Waals surface area (Å²) in [4.78, 5) is 24.1. The van der Waals surface area contributed by atoms with E-state index in [0.717, 1.165) is 21.4 Å². The highest BCUT2D eigenvalue weighted by atomic mass is 35.5. The van der Waals surface area contributed by atoms with Gasteiger partial charge in [-0.15, -0.1) is 11.3 Å². The van der Waals surface area contributed by atoms with Crippen LogP contribution in [0, 0.1) is 10.1 Å². The average molecular weight is 409 g/mol. The van der Waals surface area contributed by atoms with Gasteiger partial charge < -0.3 is 10.4 Å². The number of hydrogen-bond acceptors (Lipinski definition) is 6. The number of nitrogens with one attached hydrogen (secondary N) is 1. The zero-order valence-corrected chi connectivity index (χ0v) is 15.6. The van der Waals surface area contributed by atoms with Crippen molar-refractivity contribution in [2.75, 3.05) is 0 Å². The number of carbonyl (C=O) groups excluding carboxylic acids is 1. The van der Waals surface area contributed by atoms with Gasteiger partial charge >= 0.3 is 0 Å². The van der Waals surface area contributed by atoms with E-state index in [0.29, 0.717) is 0 Å². The molecule has 0 aliphatic rings. The van der Waals surface area contributed by atoms with Gasteiger partial charge in [0.25, 0.3) is 11.6 Å². The van der Waals surface area contributed by atoms with Crippen molar-refractivity contribution in [1.82, 2.24) is 5.32 Å². The Labute approximate surface area is 161 Å². The number of halogens is 1. The normalized spacial score (nSPS) is 11.9. The van der Waals surface area contributed by atoms with Crippen LogP contribution in [0.5, 0.6) is 0 Å². The highest BCUT2D eigenvalue weighted by Crippen LogP contribution is 2.30. The van der Waals surface area contributed by atoms with Crippen molar-refractivity contribution in [3.63, 3.8) is 0 Å². The molecule has 2 N–H and O–H groups in total. The number of carbonyl (C=O) groups is 1. The third-order valence-electron chi connectivity index (χ3n) is 3.64. The molecule has 134 valence electrons. The van der Waals surface area contributed by atoms with Gasteiger partial charge in [-0.1, -0.05) is 11.6 Å². The predicted molar refractivity (Wildman–Crippen MR) is 102 cm³/mol. The first-order chi connectivity index (χ1) is 12.5. The maximum Gasteiger partial charge on any atom is 0.288 e. The Bertz CT molecular complexity index is 940. The molecule has 0 aliphatic carbocycles. The van der Waals surface area contributed by atoms with E-state index in [2.05, 4.69) is 5.32 Å².